The number of nitrogens with one attached hydrogen (secondary N) is 2. The maximum atomic E-state index is 13.0. The number of amides is 2. The second kappa shape index (κ2) is 11.2. The number of urea groups is 1. The second-order valence-corrected chi connectivity index (χ2v) is 7.54. The zero-order valence-electron chi connectivity index (χ0n) is 19.3. The Morgan fingerprint density at radius 2 is 1.88 bits per heavy atom. The van der Waals surface area contributed by atoms with E-state index in [1.165, 1.54) is 12.1 Å². The van der Waals surface area contributed by atoms with Gasteiger partial charge in [0.2, 0.25) is 5.75 Å². The Morgan fingerprint density at radius 1 is 1.15 bits per heavy atom. The molecule has 1 atom stereocenters. The van der Waals surface area contributed by atoms with Gasteiger partial charge in [-0.3, -0.25) is 10.1 Å². The van der Waals surface area contributed by atoms with Crippen LogP contribution in [0.5, 0.6) is 11.5 Å². The predicted octanol–water partition coefficient (Wildman–Crippen LogP) is 4.15. The van der Waals surface area contributed by atoms with Crippen LogP contribution in [0.4, 0.5) is 10.5 Å². The molecule has 10 nitrogen and oxygen atoms in total. The molecule has 0 saturated carbocycles. The molecule has 10 heteroatoms. The third-order valence-corrected chi connectivity index (χ3v) is 5.04. The molecule has 0 saturated heterocycles. The quantitative estimate of drug-likeness (QED) is 0.304. The number of nitrogens with zero attached hydrogens (tertiary/aromatic N) is 1. The lowest BCUT2D eigenvalue weighted by Crippen LogP contribution is -2.45. The molecule has 2 aromatic carbocycles. The van der Waals surface area contributed by atoms with Gasteiger partial charge in [-0.15, -0.1) is 0 Å². The molecule has 0 bridgehead atoms. The smallest absolute Gasteiger partial charge is 0.338 e. The minimum absolute atomic E-state index is 0.00613. The van der Waals surface area contributed by atoms with Gasteiger partial charge >= 0.3 is 17.7 Å². The Bertz CT molecular complexity index is 1100. The summed E-state index contributed by atoms with van der Waals surface area (Å²) in [6.07, 6.45) is 0.647. The molecule has 2 aromatic rings. The first-order chi connectivity index (χ1) is 16.3. The van der Waals surface area contributed by atoms with E-state index >= 15 is 0 Å². The molecule has 1 heterocycles. The van der Waals surface area contributed by atoms with Gasteiger partial charge < -0.3 is 24.8 Å². The maximum Gasteiger partial charge on any atom is 0.338 e. The van der Waals surface area contributed by atoms with Crippen molar-refractivity contribution in [3.63, 3.8) is 0 Å². The summed E-state index contributed by atoms with van der Waals surface area (Å²) in [4.78, 5) is 36.6. The van der Waals surface area contributed by atoms with E-state index < -0.39 is 23.0 Å². The van der Waals surface area contributed by atoms with Crippen molar-refractivity contribution in [3.8, 4) is 11.5 Å². The number of benzene rings is 2. The van der Waals surface area contributed by atoms with Crippen LogP contribution in [0, 0.1) is 10.1 Å². The van der Waals surface area contributed by atoms with Crippen molar-refractivity contribution in [3.05, 3.63) is 75.0 Å². The zero-order valence-corrected chi connectivity index (χ0v) is 19.3. The summed E-state index contributed by atoms with van der Waals surface area (Å²) < 4.78 is 16.7. The number of rotatable bonds is 10. The van der Waals surface area contributed by atoms with Crippen LogP contribution in [-0.4, -0.2) is 30.1 Å². The van der Waals surface area contributed by atoms with Crippen molar-refractivity contribution in [1.82, 2.24) is 10.6 Å². The number of hydrogen-bond donors (Lipinski definition) is 2. The number of carbonyl (C=O) groups excluding carboxylic acids is 2. The first-order valence-corrected chi connectivity index (χ1v) is 10.9. The molecular formula is C24H27N3O7. The van der Waals surface area contributed by atoms with Gasteiger partial charge in [-0.2, -0.15) is 0 Å². The molecular weight excluding hydrogens is 442 g/mol. The number of hydrogen-bond acceptors (Lipinski definition) is 7. The van der Waals surface area contributed by atoms with Crippen LogP contribution < -0.4 is 20.1 Å². The summed E-state index contributed by atoms with van der Waals surface area (Å²) in [5.74, 6) is -0.500. The Hall–Kier alpha value is -4.08. The van der Waals surface area contributed by atoms with E-state index in [9.17, 15) is 19.7 Å². The van der Waals surface area contributed by atoms with Crippen LogP contribution in [0.1, 0.15) is 44.4 Å². The molecule has 1 aliphatic heterocycles. The van der Waals surface area contributed by atoms with Gasteiger partial charge in [-0.25, -0.2) is 9.59 Å². The highest BCUT2D eigenvalue weighted by Gasteiger charge is 2.35. The van der Waals surface area contributed by atoms with Gasteiger partial charge in [0, 0.05) is 11.8 Å². The lowest BCUT2D eigenvalue weighted by molar-refractivity contribution is -0.386. The molecule has 3 rings (SSSR count). The van der Waals surface area contributed by atoms with Crippen molar-refractivity contribution >= 4 is 17.7 Å². The molecule has 0 aromatic heterocycles. The van der Waals surface area contributed by atoms with Gasteiger partial charge in [-0.1, -0.05) is 37.3 Å². The summed E-state index contributed by atoms with van der Waals surface area (Å²) >= 11 is 0. The number of carbonyl (C=O) groups is 2. The number of nitro groups is 1. The number of nitro benzene ring substituents is 1. The first-order valence-electron chi connectivity index (χ1n) is 10.9. The van der Waals surface area contributed by atoms with E-state index in [1.54, 1.807) is 13.8 Å². The molecule has 0 spiro atoms. The predicted molar refractivity (Wildman–Crippen MR) is 123 cm³/mol. The van der Waals surface area contributed by atoms with Crippen LogP contribution in [0.15, 0.2) is 53.7 Å². The summed E-state index contributed by atoms with van der Waals surface area (Å²) in [6, 6.07) is 10.4. The van der Waals surface area contributed by atoms with Crippen molar-refractivity contribution in [2.75, 3.05) is 13.2 Å². The van der Waals surface area contributed by atoms with Gasteiger partial charge in [0.15, 0.2) is 5.75 Å². The molecule has 180 valence electrons. The maximum absolute atomic E-state index is 13.0. The Morgan fingerprint density at radius 3 is 2.53 bits per heavy atom. The molecule has 1 aliphatic rings. The first kappa shape index (κ1) is 24.6. The molecule has 0 radical (unpaired) electrons. The van der Waals surface area contributed by atoms with Crippen molar-refractivity contribution in [2.24, 2.45) is 0 Å². The molecule has 34 heavy (non-hydrogen) atoms. The third-order valence-electron chi connectivity index (χ3n) is 5.04. The average molecular weight is 469 g/mol. The highest BCUT2D eigenvalue weighted by atomic mass is 16.6. The highest BCUT2D eigenvalue weighted by Crippen LogP contribution is 2.42. The number of ether oxygens (including phenoxy) is 3. The standard InChI is InChI=1S/C24H27N3O7/c1-4-11-33-22-18(27(30)31)12-17(13-19(22)32-5-2)21-20(15(3)25-24(29)26-21)23(28)34-14-16-9-7-6-8-10-16/h6-10,12-13,21H,4-5,11,14H2,1-3H3,(H2,25,26,29). The van der Waals surface area contributed by atoms with Gasteiger partial charge in [0.05, 0.1) is 29.8 Å². The summed E-state index contributed by atoms with van der Waals surface area (Å²) in [6.45, 7) is 5.73. The van der Waals surface area contributed by atoms with E-state index in [4.69, 9.17) is 14.2 Å². The fourth-order valence-corrected chi connectivity index (χ4v) is 3.54. The molecule has 2 N–H and O–H groups in total. The van der Waals surface area contributed by atoms with Crippen molar-refractivity contribution in [1.29, 1.82) is 0 Å². The fraction of sp³-hybridized carbons (Fsp3) is 0.333. The lowest BCUT2D eigenvalue weighted by atomic mass is 9.94. The number of allylic oxidation sites excluding steroid dienone is 1. The summed E-state index contributed by atoms with van der Waals surface area (Å²) in [5, 5.41) is 17.1. The number of esters is 1. The van der Waals surface area contributed by atoms with Crippen molar-refractivity contribution < 1.29 is 28.7 Å². The SMILES string of the molecule is CCCOc1c(OCC)cc(C2NC(=O)NC(C)=C2C(=O)OCc2ccccc2)cc1[N+](=O)[O-]. The molecule has 1 unspecified atom stereocenters. The third kappa shape index (κ3) is 5.64. The molecule has 0 fully saturated rings. The monoisotopic (exact) mass is 469 g/mol. The van der Waals surface area contributed by atoms with E-state index in [0.717, 1.165) is 5.56 Å². The topological polar surface area (TPSA) is 129 Å². The van der Waals surface area contributed by atoms with Crippen LogP contribution in [0.2, 0.25) is 0 Å². The van der Waals surface area contributed by atoms with Crippen molar-refractivity contribution in [2.45, 2.75) is 39.8 Å². The van der Waals surface area contributed by atoms with Gasteiger partial charge in [0.25, 0.3) is 0 Å². The second-order valence-electron chi connectivity index (χ2n) is 7.54. The summed E-state index contributed by atoms with van der Waals surface area (Å²) in [7, 11) is 0. The summed E-state index contributed by atoms with van der Waals surface area (Å²) in [5.41, 5.74) is 1.19. The van der Waals surface area contributed by atoms with Crippen LogP contribution in [0.25, 0.3) is 0 Å². The minimum Gasteiger partial charge on any atom is -0.490 e. The van der Waals surface area contributed by atoms with E-state index in [0.29, 0.717) is 17.7 Å². The van der Waals surface area contributed by atoms with E-state index in [-0.39, 0.29) is 42.6 Å². The Labute approximate surface area is 197 Å². The largest absolute Gasteiger partial charge is 0.490 e. The van der Waals surface area contributed by atoms with E-state index in [2.05, 4.69) is 10.6 Å². The lowest BCUT2D eigenvalue weighted by Gasteiger charge is -2.28. The molecule has 0 aliphatic carbocycles. The zero-order chi connectivity index (χ0) is 24.7. The molecule has 2 amide bonds. The van der Waals surface area contributed by atoms with Crippen LogP contribution in [0.3, 0.4) is 0 Å². The van der Waals surface area contributed by atoms with Gasteiger partial charge in [-0.05, 0) is 37.5 Å². The van der Waals surface area contributed by atoms with Gasteiger partial charge in [0.1, 0.15) is 6.61 Å². The van der Waals surface area contributed by atoms with Crippen LogP contribution in [-0.2, 0) is 16.1 Å². The highest BCUT2D eigenvalue weighted by molar-refractivity contribution is 5.95. The fourth-order valence-electron chi connectivity index (χ4n) is 3.54. The Kier molecular flexibility index (Phi) is 8.07. The normalized spacial score (nSPS) is 15.3. The average Bonchev–Trinajstić information content (AvgIpc) is 2.81. The van der Waals surface area contributed by atoms with E-state index in [1.807, 2.05) is 37.3 Å². The minimum atomic E-state index is -0.991. The van der Waals surface area contributed by atoms with Crippen LogP contribution >= 0.6 is 0 Å². The Balaban J connectivity index is 2.02.